The molecule has 122 valence electrons. The molecule has 1 aliphatic heterocycles. The zero-order chi connectivity index (χ0) is 15.8. The summed E-state index contributed by atoms with van der Waals surface area (Å²) in [7, 11) is 3.77. The molecule has 1 fully saturated rings. The van der Waals surface area contributed by atoms with Crippen LogP contribution < -0.4 is 10.1 Å². The first-order valence-corrected chi connectivity index (χ1v) is 7.93. The Labute approximate surface area is 133 Å². The number of hydrogen-bond acceptors (Lipinski definition) is 3. The highest BCUT2D eigenvalue weighted by Crippen LogP contribution is 2.14. The first-order valence-electron chi connectivity index (χ1n) is 7.93. The molecule has 0 bridgehead atoms. The van der Waals surface area contributed by atoms with E-state index in [1.54, 1.807) is 7.11 Å². The predicted molar refractivity (Wildman–Crippen MR) is 89.4 cm³/mol. The maximum atomic E-state index is 5.45. The normalized spacial score (nSPS) is 18.3. The fourth-order valence-electron chi connectivity index (χ4n) is 2.57. The van der Waals surface area contributed by atoms with Crippen LogP contribution in [0, 0.1) is 5.92 Å². The molecule has 1 unspecified atom stereocenters. The first-order chi connectivity index (χ1) is 10.7. The standard InChI is InChI=1S/C17H27N3O2/c1-4-18-17(20(2)12-15-9-10-22-13-15)19-11-14-5-7-16(21-3)8-6-14/h5-8,15H,4,9-13H2,1-3H3,(H,18,19). The van der Waals surface area contributed by atoms with Gasteiger partial charge in [-0.1, -0.05) is 12.1 Å². The molecule has 1 saturated heterocycles. The van der Waals surface area contributed by atoms with E-state index in [0.29, 0.717) is 12.5 Å². The van der Waals surface area contributed by atoms with Crippen molar-refractivity contribution in [3.63, 3.8) is 0 Å². The van der Waals surface area contributed by atoms with Crippen molar-refractivity contribution in [2.24, 2.45) is 10.9 Å². The second kappa shape index (κ2) is 8.63. The van der Waals surface area contributed by atoms with E-state index in [9.17, 15) is 0 Å². The van der Waals surface area contributed by atoms with Crippen LogP contribution in [0.15, 0.2) is 29.3 Å². The molecule has 0 spiro atoms. The minimum atomic E-state index is 0.606. The number of ether oxygens (including phenoxy) is 2. The van der Waals surface area contributed by atoms with E-state index < -0.39 is 0 Å². The van der Waals surface area contributed by atoms with E-state index in [2.05, 4.69) is 36.3 Å². The van der Waals surface area contributed by atoms with Crippen molar-refractivity contribution < 1.29 is 9.47 Å². The predicted octanol–water partition coefficient (Wildman–Crippen LogP) is 2.13. The van der Waals surface area contributed by atoms with Gasteiger partial charge in [-0.3, -0.25) is 0 Å². The fraction of sp³-hybridized carbons (Fsp3) is 0.588. The highest BCUT2D eigenvalue weighted by molar-refractivity contribution is 5.79. The summed E-state index contributed by atoms with van der Waals surface area (Å²) in [6, 6.07) is 8.04. The number of hydrogen-bond donors (Lipinski definition) is 1. The van der Waals surface area contributed by atoms with Gasteiger partial charge in [0.05, 0.1) is 20.3 Å². The third kappa shape index (κ3) is 4.91. The summed E-state index contributed by atoms with van der Waals surface area (Å²) >= 11 is 0. The van der Waals surface area contributed by atoms with Gasteiger partial charge in [0.25, 0.3) is 0 Å². The van der Waals surface area contributed by atoms with E-state index in [1.807, 2.05) is 12.1 Å². The van der Waals surface area contributed by atoms with Crippen molar-refractivity contribution in [3.05, 3.63) is 29.8 Å². The molecule has 1 aliphatic rings. The van der Waals surface area contributed by atoms with Gasteiger partial charge in [0.2, 0.25) is 0 Å². The molecule has 1 N–H and O–H groups in total. The lowest BCUT2D eigenvalue weighted by atomic mass is 10.1. The zero-order valence-electron chi connectivity index (χ0n) is 13.8. The Morgan fingerprint density at radius 1 is 1.41 bits per heavy atom. The molecule has 1 aromatic carbocycles. The smallest absolute Gasteiger partial charge is 0.193 e. The second-order valence-electron chi connectivity index (χ2n) is 5.63. The molecule has 22 heavy (non-hydrogen) atoms. The third-order valence-electron chi connectivity index (χ3n) is 3.82. The van der Waals surface area contributed by atoms with Crippen molar-refractivity contribution in [2.45, 2.75) is 19.9 Å². The first kappa shape index (κ1) is 16.6. The number of aliphatic imine (C=N–C) groups is 1. The van der Waals surface area contributed by atoms with Crippen LogP contribution in [0.3, 0.4) is 0 Å². The molecule has 0 amide bonds. The highest BCUT2D eigenvalue weighted by atomic mass is 16.5. The molecule has 1 atom stereocenters. The van der Waals surface area contributed by atoms with Crippen LogP contribution in [-0.4, -0.2) is 51.3 Å². The van der Waals surface area contributed by atoms with Crippen molar-refractivity contribution in [1.29, 1.82) is 0 Å². The average Bonchev–Trinajstić information content (AvgIpc) is 3.04. The van der Waals surface area contributed by atoms with E-state index in [0.717, 1.165) is 44.4 Å². The van der Waals surface area contributed by atoms with E-state index in [1.165, 1.54) is 5.56 Å². The van der Waals surface area contributed by atoms with Gasteiger partial charge >= 0.3 is 0 Å². The average molecular weight is 305 g/mol. The molecule has 5 nitrogen and oxygen atoms in total. The minimum Gasteiger partial charge on any atom is -0.497 e. The lowest BCUT2D eigenvalue weighted by Crippen LogP contribution is -2.41. The van der Waals surface area contributed by atoms with Gasteiger partial charge in [0, 0.05) is 32.7 Å². The maximum absolute atomic E-state index is 5.45. The van der Waals surface area contributed by atoms with E-state index in [-0.39, 0.29) is 0 Å². The fourth-order valence-corrected chi connectivity index (χ4v) is 2.57. The van der Waals surface area contributed by atoms with Gasteiger partial charge < -0.3 is 19.7 Å². The monoisotopic (exact) mass is 305 g/mol. The Hall–Kier alpha value is -1.75. The lowest BCUT2D eigenvalue weighted by Gasteiger charge is -2.24. The Morgan fingerprint density at radius 2 is 2.18 bits per heavy atom. The number of nitrogens with one attached hydrogen (secondary N) is 1. The van der Waals surface area contributed by atoms with Gasteiger partial charge in [-0.15, -0.1) is 0 Å². The quantitative estimate of drug-likeness (QED) is 0.646. The summed E-state index contributed by atoms with van der Waals surface area (Å²) in [6.07, 6.45) is 1.14. The molecular weight excluding hydrogens is 278 g/mol. The Kier molecular flexibility index (Phi) is 6.52. The van der Waals surface area contributed by atoms with Crippen LogP contribution in [0.5, 0.6) is 5.75 Å². The third-order valence-corrected chi connectivity index (χ3v) is 3.82. The molecule has 0 radical (unpaired) electrons. The minimum absolute atomic E-state index is 0.606. The van der Waals surface area contributed by atoms with Gasteiger partial charge in [0.1, 0.15) is 5.75 Å². The van der Waals surface area contributed by atoms with Crippen molar-refractivity contribution in [2.75, 3.05) is 40.5 Å². The molecule has 1 aromatic rings. The van der Waals surface area contributed by atoms with E-state index in [4.69, 9.17) is 14.5 Å². The van der Waals surface area contributed by atoms with Gasteiger partial charge in [-0.05, 0) is 31.0 Å². The second-order valence-corrected chi connectivity index (χ2v) is 5.63. The van der Waals surface area contributed by atoms with Crippen molar-refractivity contribution in [3.8, 4) is 5.75 Å². The number of methoxy groups -OCH3 is 1. The van der Waals surface area contributed by atoms with E-state index >= 15 is 0 Å². The topological polar surface area (TPSA) is 46.1 Å². The van der Waals surface area contributed by atoms with Crippen LogP contribution in [-0.2, 0) is 11.3 Å². The Bertz CT molecular complexity index is 467. The zero-order valence-corrected chi connectivity index (χ0v) is 13.8. The van der Waals surface area contributed by atoms with Gasteiger partial charge in [-0.25, -0.2) is 4.99 Å². The summed E-state index contributed by atoms with van der Waals surface area (Å²) in [6.45, 7) is 6.36. The van der Waals surface area contributed by atoms with Crippen LogP contribution in [0.25, 0.3) is 0 Å². The van der Waals surface area contributed by atoms with Crippen LogP contribution in [0.4, 0.5) is 0 Å². The molecule has 1 heterocycles. The SMILES string of the molecule is CCNC(=NCc1ccc(OC)cc1)N(C)CC1CCOC1. The molecule has 0 aliphatic carbocycles. The molecule has 0 saturated carbocycles. The number of nitrogens with zero attached hydrogens (tertiary/aromatic N) is 2. The van der Waals surface area contributed by atoms with Gasteiger partial charge in [-0.2, -0.15) is 0 Å². The Balaban J connectivity index is 1.95. The summed E-state index contributed by atoms with van der Waals surface area (Å²) in [5.74, 6) is 2.43. The van der Waals surface area contributed by atoms with Crippen LogP contribution in [0.2, 0.25) is 0 Å². The number of benzene rings is 1. The number of rotatable bonds is 6. The largest absolute Gasteiger partial charge is 0.497 e. The molecular formula is C17H27N3O2. The lowest BCUT2D eigenvalue weighted by molar-refractivity contribution is 0.181. The van der Waals surface area contributed by atoms with Crippen LogP contribution >= 0.6 is 0 Å². The van der Waals surface area contributed by atoms with Crippen LogP contribution in [0.1, 0.15) is 18.9 Å². The maximum Gasteiger partial charge on any atom is 0.193 e. The highest BCUT2D eigenvalue weighted by Gasteiger charge is 2.18. The van der Waals surface area contributed by atoms with Crippen molar-refractivity contribution in [1.82, 2.24) is 10.2 Å². The summed E-state index contributed by atoms with van der Waals surface area (Å²) < 4.78 is 10.6. The summed E-state index contributed by atoms with van der Waals surface area (Å²) in [5.41, 5.74) is 1.17. The van der Waals surface area contributed by atoms with Crippen molar-refractivity contribution >= 4 is 5.96 Å². The summed E-state index contributed by atoms with van der Waals surface area (Å²) in [4.78, 5) is 6.93. The molecule has 2 rings (SSSR count). The summed E-state index contributed by atoms with van der Waals surface area (Å²) in [5, 5.41) is 3.36. The Morgan fingerprint density at radius 3 is 2.77 bits per heavy atom. The van der Waals surface area contributed by atoms with Gasteiger partial charge in [0.15, 0.2) is 5.96 Å². The molecule has 0 aromatic heterocycles. The molecule has 5 heteroatoms. The number of guanidine groups is 1.